The molecule has 1 saturated carbocycles. The van der Waals surface area contributed by atoms with Crippen LogP contribution in [-0.4, -0.2) is 18.1 Å². The molecular formula is C9H13FO4. The van der Waals surface area contributed by atoms with Crippen LogP contribution in [0.1, 0.15) is 32.6 Å². The highest BCUT2D eigenvalue weighted by molar-refractivity contribution is 6.28. The molecule has 80 valence electrons. The van der Waals surface area contributed by atoms with Gasteiger partial charge in [-0.3, -0.25) is 4.89 Å². The number of hydrogen-bond donors (Lipinski definition) is 0. The summed E-state index contributed by atoms with van der Waals surface area (Å²) in [6.45, 7) is 1.74. The molecule has 0 amide bonds. The maximum Gasteiger partial charge on any atom is 0.442 e. The van der Waals surface area contributed by atoms with Crippen molar-refractivity contribution in [3.8, 4) is 0 Å². The molecule has 0 aromatic heterocycles. The Bertz CT molecular complexity index is 223. The summed E-state index contributed by atoms with van der Waals surface area (Å²) in [6, 6.07) is -2.14. The first-order valence-corrected chi connectivity index (χ1v) is 4.68. The number of carbonyl (C=O) groups is 2. The third-order valence-electron chi connectivity index (χ3n) is 2.50. The summed E-state index contributed by atoms with van der Waals surface area (Å²) in [5.74, 6) is -1.26. The normalized spacial score (nSPS) is 19.3. The van der Waals surface area contributed by atoms with Gasteiger partial charge in [0.1, 0.15) is 6.10 Å². The summed E-state index contributed by atoms with van der Waals surface area (Å²) in [4.78, 5) is 28.9. The van der Waals surface area contributed by atoms with Gasteiger partial charge < -0.3 is 0 Å². The topological polar surface area (TPSA) is 52.6 Å². The van der Waals surface area contributed by atoms with Crippen LogP contribution in [0.15, 0.2) is 0 Å². The van der Waals surface area contributed by atoms with Gasteiger partial charge in [-0.05, 0) is 25.7 Å². The maximum atomic E-state index is 11.7. The molecule has 1 aliphatic carbocycles. The van der Waals surface area contributed by atoms with Gasteiger partial charge in [-0.1, -0.05) is 12.8 Å². The Morgan fingerprint density at radius 1 is 1.36 bits per heavy atom. The van der Waals surface area contributed by atoms with Crippen molar-refractivity contribution in [2.45, 2.75) is 38.7 Å². The fraction of sp³-hybridized carbons (Fsp3) is 0.778. The first-order valence-electron chi connectivity index (χ1n) is 4.68. The van der Waals surface area contributed by atoms with E-state index >= 15 is 0 Å². The molecule has 0 saturated heterocycles. The molecule has 4 nitrogen and oxygen atoms in total. The molecule has 5 heteroatoms. The summed E-state index contributed by atoms with van der Waals surface area (Å²) in [5, 5.41) is 0. The van der Waals surface area contributed by atoms with Crippen LogP contribution < -0.4 is 0 Å². The third kappa shape index (κ3) is 3.06. The van der Waals surface area contributed by atoms with Crippen LogP contribution in [0, 0.1) is 5.92 Å². The van der Waals surface area contributed by atoms with Gasteiger partial charge in [0.25, 0.3) is 0 Å². The monoisotopic (exact) mass is 204 g/mol. The molecule has 1 aliphatic rings. The molecule has 0 aromatic rings. The summed E-state index contributed by atoms with van der Waals surface area (Å²) in [7, 11) is 0. The van der Waals surface area contributed by atoms with Gasteiger partial charge in [0.2, 0.25) is 0 Å². The molecule has 1 fully saturated rings. The Morgan fingerprint density at radius 2 is 1.93 bits per heavy atom. The van der Waals surface area contributed by atoms with Crippen LogP contribution in [0.3, 0.4) is 0 Å². The van der Waals surface area contributed by atoms with Gasteiger partial charge in [-0.2, -0.15) is 9.28 Å². The van der Waals surface area contributed by atoms with Gasteiger partial charge >= 0.3 is 12.0 Å². The SMILES string of the molecule is CC(OOC(=O)C(=O)F)C1CCCC1. The van der Waals surface area contributed by atoms with E-state index < -0.39 is 12.0 Å². The average molecular weight is 204 g/mol. The van der Waals surface area contributed by atoms with Crippen molar-refractivity contribution in [1.29, 1.82) is 0 Å². The first kappa shape index (κ1) is 11.1. The smallest absolute Gasteiger partial charge is 0.286 e. The zero-order chi connectivity index (χ0) is 10.6. The lowest BCUT2D eigenvalue weighted by Crippen LogP contribution is -2.22. The number of rotatable bonds is 4. The standard InChI is InChI=1S/C9H13FO4/c1-6(7-4-2-3-5-7)13-14-9(12)8(10)11/h6-7H,2-5H2,1H3. The van der Waals surface area contributed by atoms with Crippen molar-refractivity contribution in [2.24, 2.45) is 5.92 Å². The second-order valence-electron chi connectivity index (χ2n) is 3.49. The van der Waals surface area contributed by atoms with E-state index in [0.29, 0.717) is 5.92 Å². The first-order chi connectivity index (χ1) is 6.61. The Morgan fingerprint density at radius 3 is 2.43 bits per heavy atom. The molecule has 0 N–H and O–H groups in total. The van der Waals surface area contributed by atoms with E-state index in [0.717, 1.165) is 25.7 Å². The summed E-state index contributed by atoms with van der Waals surface area (Å²) in [6.07, 6.45) is 4.02. The zero-order valence-corrected chi connectivity index (χ0v) is 7.99. The van der Waals surface area contributed by atoms with Crippen molar-refractivity contribution in [1.82, 2.24) is 0 Å². The fourth-order valence-corrected chi connectivity index (χ4v) is 1.66. The summed E-state index contributed by atoms with van der Waals surface area (Å²) < 4.78 is 11.7. The molecule has 1 atom stereocenters. The second-order valence-corrected chi connectivity index (χ2v) is 3.49. The average Bonchev–Trinajstić information content (AvgIpc) is 2.66. The third-order valence-corrected chi connectivity index (χ3v) is 2.50. The molecule has 14 heavy (non-hydrogen) atoms. The summed E-state index contributed by atoms with van der Waals surface area (Å²) >= 11 is 0. The van der Waals surface area contributed by atoms with Crippen LogP contribution in [0.4, 0.5) is 4.39 Å². The van der Waals surface area contributed by atoms with E-state index in [2.05, 4.69) is 9.78 Å². The van der Waals surface area contributed by atoms with E-state index in [9.17, 15) is 14.0 Å². The second kappa shape index (κ2) is 5.05. The number of carbonyl (C=O) groups excluding carboxylic acids is 2. The lowest BCUT2D eigenvalue weighted by molar-refractivity contribution is -0.300. The molecule has 0 radical (unpaired) electrons. The van der Waals surface area contributed by atoms with Crippen LogP contribution >= 0.6 is 0 Å². The van der Waals surface area contributed by atoms with Crippen molar-refractivity contribution < 1.29 is 23.8 Å². The highest BCUT2D eigenvalue weighted by atomic mass is 19.1. The van der Waals surface area contributed by atoms with Crippen molar-refractivity contribution in [3.63, 3.8) is 0 Å². The predicted molar refractivity (Wildman–Crippen MR) is 44.7 cm³/mol. The molecule has 0 aromatic carbocycles. The molecule has 1 unspecified atom stereocenters. The Kier molecular flexibility index (Phi) is 4.00. The Hall–Kier alpha value is -0.970. The van der Waals surface area contributed by atoms with E-state index in [1.165, 1.54) is 0 Å². The van der Waals surface area contributed by atoms with Gasteiger partial charge in [-0.15, -0.1) is 0 Å². The molecular weight excluding hydrogens is 191 g/mol. The highest BCUT2D eigenvalue weighted by Gasteiger charge is 2.25. The van der Waals surface area contributed by atoms with Crippen molar-refractivity contribution in [2.75, 3.05) is 0 Å². The maximum absolute atomic E-state index is 11.7. The van der Waals surface area contributed by atoms with E-state index in [-0.39, 0.29) is 6.10 Å². The Labute approximate surface area is 81.3 Å². The van der Waals surface area contributed by atoms with Gasteiger partial charge in [0.05, 0.1) is 0 Å². The molecule has 0 spiro atoms. The number of halogens is 1. The van der Waals surface area contributed by atoms with Crippen LogP contribution in [0.25, 0.3) is 0 Å². The van der Waals surface area contributed by atoms with Crippen LogP contribution in [-0.2, 0) is 19.4 Å². The quantitative estimate of drug-likeness (QED) is 0.301. The Balaban J connectivity index is 2.23. The molecule has 0 heterocycles. The highest BCUT2D eigenvalue weighted by Crippen LogP contribution is 2.29. The minimum absolute atomic E-state index is 0.277. The largest absolute Gasteiger partial charge is 0.442 e. The van der Waals surface area contributed by atoms with Crippen molar-refractivity contribution in [3.05, 3.63) is 0 Å². The zero-order valence-electron chi connectivity index (χ0n) is 7.99. The lowest BCUT2D eigenvalue weighted by Gasteiger charge is -2.16. The van der Waals surface area contributed by atoms with E-state index in [1.54, 1.807) is 6.92 Å². The molecule has 0 aliphatic heterocycles. The van der Waals surface area contributed by atoms with Crippen molar-refractivity contribution >= 4 is 12.0 Å². The molecule has 1 rings (SSSR count). The summed E-state index contributed by atoms with van der Waals surface area (Å²) in [5.41, 5.74) is 0. The fourth-order valence-electron chi connectivity index (χ4n) is 1.66. The number of hydrogen-bond acceptors (Lipinski definition) is 4. The van der Waals surface area contributed by atoms with E-state index in [1.807, 2.05) is 0 Å². The van der Waals surface area contributed by atoms with Gasteiger partial charge in [-0.25, -0.2) is 9.59 Å². The van der Waals surface area contributed by atoms with Gasteiger partial charge in [0, 0.05) is 0 Å². The minimum atomic E-state index is -2.14. The van der Waals surface area contributed by atoms with Crippen LogP contribution in [0.5, 0.6) is 0 Å². The van der Waals surface area contributed by atoms with E-state index in [4.69, 9.17) is 0 Å². The van der Waals surface area contributed by atoms with Gasteiger partial charge in [0.15, 0.2) is 0 Å². The minimum Gasteiger partial charge on any atom is -0.286 e. The predicted octanol–water partition coefficient (Wildman–Crippen LogP) is 1.54. The molecule has 0 bridgehead atoms. The lowest BCUT2D eigenvalue weighted by atomic mass is 10.0. The van der Waals surface area contributed by atoms with Crippen LogP contribution in [0.2, 0.25) is 0 Å².